The highest BCUT2D eigenvalue weighted by Gasteiger charge is 2.06. The molecule has 0 aliphatic heterocycles. The van der Waals surface area contributed by atoms with Gasteiger partial charge < -0.3 is 9.47 Å². The molecule has 3 nitrogen and oxygen atoms in total. The smallest absolute Gasteiger partial charge is 0.429 e. The molecule has 0 radical (unpaired) electrons. The first kappa shape index (κ1) is 16.1. The zero-order chi connectivity index (χ0) is 15.8. The Balaban J connectivity index is 1.80. The summed E-state index contributed by atoms with van der Waals surface area (Å²) in [7, 11) is 0. The molecule has 2 aromatic carbocycles. The van der Waals surface area contributed by atoms with Crippen LogP contribution < -0.4 is 0 Å². The van der Waals surface area contributed by atoms with Crippen molar-refractivity contribution in [2.24, 2.45) is 0 Å². The van der Waals surface area contributed by atoms with Crippen molar-refractivity contribution in [3.8, 4) is 0 Å². The van der Waals surface area contributed by atoms with Gasteiger partial charge in [0.15, 0.2) is 0 Å². The van der Waals surface area contributed by atoms with Crippen molar-refractivity contribution in [2.45, 2.75) is 39.9 Å². The number of hydrogen-bond acceptors (Lipinski definition) is 3. The van der Waals surface area contributed by atoms with Gasteiger partial charge in [0.1, 0.15) is 13.2 Å². The van der Waals surface area contributed by atoms with Gasteiger partial charge in [-0.1, -0.05) is 62.4 Å². The summed E-state index contributed by atoms with van der Waals surface area (Å²) in [6.45, 7) is 4.67. The second-order valence-electron chi connectivity index (χ2n) is 5.17. The first-order chi connectivity index (χ1) is 10.7. The Morgan fingerprint density at radius 2 is 1.18 bits per heavy atom. The average Bonchev–Trinajstić information content (AvgIpc) is 2.58. The van der Waals surface area contributed by atoms with Crippen LogP contribution in [0.25, 0.3) is 0 Å². The van der Waals surface area contributed by atoms with E-state index < -0.39 is 6.16 Å². The van der Waals surface area contributed by atoms with Gasteiger partial charge in [-0.05, 0) is 35.1 Å². The van der Waals surface area contributed by atoms with E-state index in [-0.39, 0.29) is 13.2 Å². The minimum atomic E-state index is -0.635. The van der Waals surface area contributed by atoms with Crippen LogP contribution in [0.3, 0.4) is 0 Å². The predicted octanol–water partition coefficient (Wildman–Crippen LogP) is 4.66. The Labute approximate surface area is 131 Å². The normalized spacial score (nSPS) is 10.3. The van der Waals surface area contributed by atoms with Gasteiger partial charge in [-0.3, -0.25) is 0 Å². The molecular formula is C19H22O3. The summed E-state index contributed by atoms with van der Waals surface area (Å²) >= 11 is 0. The Morgan fingerprint density at radius 1 is 0.773 bits per heavy atom. The summed E-state index contributed by atoms with van der Waals surface area (Å²) in [5.74, 6) is 0. The zero-order valence-corrected chi connectivity index (χ0v) is 13.2. The van der Waals surface area contributed by atoms with Gasteiger partial charge in [-0.15, -0.1) is 0 Å². The molecule has 22 heavy (non-hydrogen) atoms. The molecular weight excluding hydrogens is 276 g/mol. The summed E-state index contributed by atoms with van der Waals surface area (Å²) in [6.07, 6.45) is 1.29. The van der Waals surface area contributed by atoms with Crippen molar-refractivity contribution in [1.82, 2.24) is 0 Å². The highest BCUT2D eigenvalue weighted by atomic mass is 16.7. The van der Waals surface area contributed by atoms with E-state index in [0.717, 1.165) is 24.0 Å². The maximum atomic E-state index is 11.7. The first-order valence-corrected chi connectivity index (χ1v) is 7.66. The number of ether oxygens (including phenoxy) is 2. The summed E-state index contributed by atoms with van der Waals surface area (Å²) in [6, 6.07) is 16.0. The fourth-order valence-corrected chi connectivity index (χ4v) is 2.20. The Hall–Kier alpha value is -2.29. The van der Waals surface area contributed by atoms with Crippen molar-refractivity contribution in [2.75, 3.05) is 0 Å². The molecule has 0 aliphatic carbocycles. The number of rotatable bonds is 6. The fraction of sp³-hybridized carbons (Fsp3) is 0.316. The molecule has 0 heterocycles. The van der Waals surface area contributed by atoms with Crippen LogP contribution in [0, 0.1) is 0 Å². The Bertz CT molecular complexity index is 566. The third kappa shape index (κ3) is 4.92. The summed E-state index contributed by atoms with van der Waals surface area (Å²) in [4.78, 5) is 11.7. The van der Waals surface area contributed by atoms with Crippen LogP contribution in [0.4, 0.5) is 4.79 Å². The van der Waals surface area contributed by atoms with Gasteiger partial charge in [0.25, 0.3) is 0 Å². The van der Waals surface area contributed by atoms with E-state index in [1.165, 1.54) is 11.1 Å². The number of carbonyl (C=O) groups excluding carboxylic acids is 1. The minimum absolute atomic E-state index is 0.238. The average molecular weight is 298 g/mol. The second-order valence-corrected chi connectivity index (χ2v) is 5.17. The van der Waals surface area contributed by atoms with Gasteiger partial charge in [-0.2, -0.15) is 0 Å². The first-order valence-electron chi connectivity index (χ1n) is 7.66. The molecule has 0 fully saturated rings. The molecule has 0 saturated heterocycles. The number of carbonyl (C=O) groups is 1. The van der Waals surface area contributed by atoms with E-state index in [0.29, 0.717) is 0 Å². The standard InChI is InChI=1S/C19H22O3/c1-3-15-7-5-9-17(11-15)13-21-19(20)22-14-18-10-6-8-16(4-2)12-18/h5-12H,3-4,13-14H2,1-2H3. The highest BCUT2D eigenvalue weighted by Crippen LogP contribution is 2.10. The van der Waals surface area contributed by atoms with Crippen molar-refractivity contribution < 1.29 is 14.3 Å². The molecule has 0 atom stereocenters. The zero-order valence-electron chi connectivity index (χ0n) is 13.2. The molecule has 2 aromatic rings. The number of aryl methyl sites for hydroxylation is 2. The third-order valence-electron chi connectivity index (χ3n) is 3.51. The largest absolute Gasteiger partial charge is 0.508 e. The van der Waals surface area contributed by atoms with E-state index in [1.54, 1.807) is 0 Å². The molecule has 3 heteroatoms. The van der Waals surface area contributed by atoms with Crippen molar-refractivity contribution in [1.29, 1.82) is 0 Å². The van der Waals surface area contributed by atoms with E-state index in [9.17, 15) is 4.79 Å². The predicted molar refractivity (Wildman–Crippen MR) is 86.6 cm³/mol. The molecule has 116 valence electrons. The van der Waals surface area contributed by atoms with Gasteiger partial charge in [0.2, 0.25) is 0 Å². The third-order valence-corrected chi connectivity index (χ3v) is 3.51. The minimum Gasteiger partial charge on any atom is -0.429 e. The lowest BCUT2D eigenvalue weighted by atomic mass is 10.1. The van der Waals surface area contributed by atoms with Crippen molar-refractivity contribution in [3.63, 3.8) is 0 Å². The van der Waals surface area contributed by atoms with Gasteiger partial charge in [0.05, 0.1) is 0 Å². The molecule has 0 N–H and O–H groups in total. The van der Waals surface area contributed by atoms with E-state index in [4.69, 9.17) is 9.47 Å². The Morgan fingerprint density at radius 3 is 1.59 bits per heavy atom. The summed E-state index contributed by atoms with van der Waals surface area (Å²) < 4.78 is 10.3. The van der Waals surface area contributed by atoms with Crippen LogP contribution in [0.5, 0.6) is 0 Å². The summed E-state index contributed by atoms with van der Waals surface area (Å²) in [5.41, 5.74) is 4.41. The monoisotopic (exact) mass is 298 g/mol. The van der Waals surface area contributed by atoms with Crippen molar-refractivity contribution in [3.05, 3.63) is 70.8 Å². The van der Waals surface area contributed by atoms with Gasteiger partial charge >= 0.3 is 6.16 Å². The lowest BCUT2D eigenvalue weighted by Crippen LogP contribution is -2.07. The lowest BCUT2D eigenvalue weighted by molar-refractivity contribution is 0.0446. The van der Waals surface area contributed by atoms with Crippen LogP contribution in [-0.4, -0.2) is 6.16 Å². The molecule has 0 unspecified atom stereocenters. The molecule has 2 rings (SSSR count). The van der Waals surface area contributed by atoms with Crippen LogP contribution in [0.15, 0.2) is 48.5 Å². The molecule has 0 aliphatic rings. The van der Waals surface area contributed by atoms with Gasteiger partial charge in [0, 0.05) is 0 Å². The highest BCUT2D eigenvalue weighted by molar-refractivity contribution is 5.60. The van der Waals surface area contributed by atoms with E-state index in [2.05, 4.69) is 26.0 Å². The number of hydrogen-bond donors (Lipinski definition) is 0. The molecule has 0 aromatic heterocycles. The topological polar surface area (TPSA) is 35.5 Å². The van der Waals surface area contributed by atoms with Crippen LogP contribution in [0.2, 0.25) is 0 Å². The Kier molecular flexibility index (Phi) is 6.01. The second kappa shape index (κ2) is 8.23. The van der Waals surface area contributed by atoms with Crippen molar-refractivity contribution >= 4 is 6.16 Å². The molecule has 0 bridgehead atoms. The quantitative estimate of drug-likeness (QED) is 0.727. The number of benzene rings is 2. The van der Waals surface area contributed by atoms with Gasteiger partial charge in [-0.25, -0.2) is 4.79 Å². The van der Waals surface area contributed by atoms with Crippen LogP contribution >= 0.6 is 0 Å². The van der Waals surface area contributed by atoms with E-state index >= 15 is 0 Å². The maximum Gasteiger partial charge on any atom is 0.508 e. The lowest BCUT2D eigenvalue weighted by Gasteiger charge is -2.08. The van der Waals surface area contributed by atoms with E-state index in [1.807, 2.05) is 36.4 Å². The SMILES string of the molecule is CCc1cccc(COC(=O)OCc2cccc(CC)c2)c1. The van der Waals surface area contributed by atoms with Crippen LogP contribution in [0.1, 0.15) is 36.1 Å². The molecule has 0 amide bonds. The molecule has 0 spiro atoms. The maximum absolute atomic E-state index is 11.7. The molecule has 0 saturated carbocycles. The summed E-state index contributed by atoms with van der Waals surface area (Å²) in [5, 5.41) is 0. The van der Waals surface area contributed by atoms with Crippen LogP contribution in [-0.2, 0) is 35.5 Å². The fourth-order valence-electron chi connectivity index (χ4n) is 2.20.